The number of nitrogens with two attached hydrogens (primary N) is 1. The van der Waals surface area contributed by atoms with Gasteiger partial charge in [-0.1, -0.05) is 6.08 Å². The van der Waals surface area contributed by atoms with Crippen molar-refractivity contribution < 1.29 is 0 Å². The number of nitrogens with one attached hydrogen (secondary N) is 1. The van der Waals surface area contributed by atoms with Gasteiger partial charge in [-0.2, -0.15) is 0 Å². The van der Waals surface area contributed by atoms with Gasteiger partial charge in [-0.25, -0.2) is 0 Å². The van der Waals surface area contributed by atoms with Crippen LogP contribution < -0.4 is 11.3 Å². The highest BCUT2D eigenvalue weighted by atomic mass is 35.5. The van der Waals surface area contributed by atoms with Gasteiger partial charge in [-0.15, -0.1) is 19.0 Å². The molecule has 0 aromatic rings. The van der Waals surface area contributed by atoms with Crippen molar-refractivity contribution in [1.82, 2.24) is 5.43 Å². The predicted octanol–water partition coefficient (Wildman–Crippen LogP) is 0.0575. The molecule has 0 heterocycles. The summed E-state index contributed by atoms with van der Waals surface area (Å²) in [5.74, 6) is 4.82. The predicted molar refractivity (Wildman–Crippen MR) is 29.6 cm³/mol. The minimum Gasteiger partial charge on any atom is -0.271 e. The molecule has 0 spiro atoms. The summed E-state index contributed by atoms with van der Waals surface area (Å²) in [6.45, 7) is 4.09. The zero-order chi connectivity index (χ0) is 4.12. The van der Waals surface area contributed by atoms with E-state index in [1.54, 1.807) is 6.08 Å². The zero-order valence-corrected chi connectivity index (χ0v) is 4.29. The van der Waals surface area contributed by atoms with E-state index in [0.717, 1.165) is 0 Å². The largest absolute Gasteiger partial charge is 0.271 e. The first-order valence-corrected chi connectivity index (χ1v) is 1.46. The average molecular weight is 109 g/mol. The van der Waals surface area contributed by atoms with E-state index in [2.05, 4.69) is 12.0 Å². The van der Waals surface area contributed by atoms with Gasteiger partial charge in [0.2, 0.25) is 0 Å². The lowest BCUT2D eigenvalue weighted by atomic mass is 10.7. The molecule has 0 bridgehead atoms. The Balaban J connectivity index is 0. The van der Waals surface area contributed by atoms with E-state index in [1.165, 1.54) is 0 Å². The van der Waals surface area contributed by atoms with Crippen molar-refractivity contribution in [1.29, 1.82) is 0 Å². The van der Waals surface area contributed by atoms with Crippen LogP contribution in [0.25, 0.3) is 0 Å². The molecule has 0 aliphatic heterocycles. The molecule has 0 radical (unpaired) electrons. The smallest absolute Gasteiger partial charge is 0.0275 e. The molecule has 0 unspecified atom stereocenters. The van der Waals surface area contributed by atoms with E-state index < -0.39 is 0 Å². The molecule has 0 fully saturated rings. The maximum Gasteiger partial charge on any atom is 0.0275 e. The molecule has 0 atom stereocenters. The molecule has 0 aromatic heterocycles. The van der Waals surface area contributed by atoms with Crippen LogP contribution in [0.1, 0.15) is 0 Å². The molecular formula is C3H9ClN2. The van der Waals surface area contributed by atoms with Gasteiger partial charge < -0.3 is 0 Å². The third kappa shape index (κ3) is 9.04. The Morgan fingerprint density at radius 1 is 1.83 bits per heavy atom. The van der Waals surface area contributed by atoms with Crippen LogP contribution in [0.4, 0.5) is 0 Å². The van der Waals surface area contributed by atoms with Gasteiger partial charge in [0, 0.05) is 6.54 Å². The lowest BCUT2D eigenvalue weighted by molar-refractivity contribution is 0.824. The van der Waals surface area contributed by atoms with Gasteiger partial charge in [0.05, 0.1) is 0 Å². The maximum absolute atomic E-state index is 4.82. The standard InChI is InChI=1S/C3H8N2.ClH/c1-2-3-5-4;/h2,5H,1,3-4H2;1H. The van der Waals surface area contributed by atoms with Gasteiger partial charge in [-0.3, -0.25) is 11.3 Å². The molecule has 6 heavy (non-hydrogen) atoms. The fourth-order valence-electron chi connectivity index (χ4n) is 0.0833. The maximum atomic E-state index is 4.82. The Morgan fingerprint density at radius 2 is 2.33 bits per heavy atom. The SMILES string of the molecule is C=CCNN.Cl. The van der Waals surface area contributed by atoms with Gasteiger partial charge in [0.1, 0.15) is 0 Å². The Hall–Kier alpha value is -0.0500. The first-order chi connectivity index (χ1) is 2.41. The molecule has 0 aliphatic rings. The summed E-state index contributed by atoms with van der Waals surface area (Å²) >= 11 is 0. The van der Waals surface area contributed by atoms with E-state index in [1.807, 2.05) is 0 Å². The number of hydrazine groups is 1. The number of halogens is 1. The fourth-order valence-corrected chi connectivity index (χ4v) is 0.0833. The highest BCUT2D eigenvalue weighted by molar-refractivity contribution is 5.85. The van der Waals surface area contributed by atoms with E-state index in [4.69, 9.17) is 5.84 Å². The van der Waals surface area contributed by atoms with Crippen molar-refractivity contribution in [3.05, 3.63) is 12.7 Å². The summed E-state index contributed by atoms with van der Waals surface area (Å²) in [6.07, 6.45) is 1.69. The first kappa shape index (κ1) is 9.34. The van der Waals surface area contributed by atoms with Crippen LogP contribution in [0, 0.1) is 0 Å². The topological polar surface area (TPSA) is 38.0 Å². The summed E-state index contributed by atoms with van der Waals surface area (Å²) in [5.41, 5.74) is 2.40. The minimum absolute atomic E-state index is 0. The van der Waals surface area contributed by atoms with E-state index >= 15 is 0 Å². The summed E-state index contributed by atoms with van der Waals surface area (Å²) < 4.78 is 0. The molecule has 3 N–H and O–H groups in total. The van der Waals surface area contributed by atoms with Crippen molar-refractivity contribution in [2.24, 2.45) is 5.84 Å². The number of hydrogen-bond donors (Lipinski definition) is 2. The monoisotopic (exact) mass is 108 g/mol. The highest BCUT2D eigenvalue weighted by Crippen LogP contribution is 1.46. The van der Waals surface area contributed by atoms with E-state index in [-0.39, 0.29) is 12.4 Å². The second kappa shape index (κ2) is 8.87. The second-order valence-corrected chi connectivity index (χ2v) is 0.697. The van der Waals surface area contributed by atoms with E-state index in [9.17, 15) is 0 Å². The van der Waals surface area contributed by atoms with Crippen molar-refractivity contribution in [3.8, 4) is 0 Å². The third-order valence-corrected chi connectivity index (χ3v) is 0.262. The summed E-state index contributed by atoms with van der Waals surface area (Å²) in [4.78, 5) is 0. The lowest BCUT2D eigenvalue weighted by Crippen LogP contribution is -2.20. The quantitative estimate of drug-likeness (QED) is 0.298. The molecule has 2 nitrogen and oxygen atoms in total. The zero-order valence-electron chi connectivity index (χ0n) is 3.48. The van der Waals surface area contributed by atoms with Crippen molar-refractivity contribution >= 4 is 12.4 Å². The Morgan fingerprint density at radius 3 is 2.33 bits per heavy atom. The van der Waals surface area contributed by atoms with Crippen LogP contribution in [0.2, 0.25) is 0 Å². The minimum atomic E-state index is 0. The van der Waals surface area contributed by atoms with Crippen molar-refractivity contribution in [2.75, 3.05) is 6.54 Å². The molecular weight excluding hydrogens is 99.5 g/mol. The summed E-state index contributed by atoms with van der Waals surface area (Å²) in [7, 11) is 0. The first-order valence-electron chi connectivity index (χ1n) is 1.46. The second-order valence-electron chi connectivity index (χ2n) is 0.697. The number of rotatable bonds is 2. The van der Waals surface area contributed by atoms with Gasteiger partial charge in [0.15, 0.2) is 0 Å². The fraction of sp³-hybridized carbons (Fsp3) is 0.333. The highest BCUT2D eigenvalue weighted by Gasteiger charge is 1.56. The summed E-state index contributed by atoms with van der Waals surface area (Å²) in [5, 5.41) is 0. The van der Waals surface area contributed by atoms with Crippen molar-refractivity contribution in [2.45, 2.75) is 0 Å². The molecule has 0 saturated carbocycles. The summed E-state index contributed by atoms with van der Waals surface area (Å²) in [6, 6.07) is 0. The molecule has 0 aliphatic carbocycles. The molecule has 0 amide bonds. The van der Waals surface area contributed by atoms with Crippen LogP contribution in [0.3, 0.4) is 0 Å². The number of hydrogen-bond acceptors (Lipinski definition) is 2. The van der Waals surface area contributed by atoms with Crippen LogP contribution in [-0.4, -0.2) is 6.54 Å². The average Bonchev–Trinajstić information content (AvgIpc) is 1.41. The van der Waals surface area contributed by atoms with Crippen LogP contribution >= 0.6 is 12.4 Å². The molecule has 0 saturated heterocycles. The molecule has 38 valence electrons. The molecule has 0 rings (SSSR count). The van der Waals surface area contributed by atoms with Gasteiger partial charge in [0.25, 0.3) is 0 Å². The lowest BCUT2D eigenvalue weighted by Gasteiger charge is -1.80. The molecule has 3 heteroatoms. The van der Waals surface area contributed by atoms with Crippen LogP contribution in [-0.2, 0) is 0 Å². The van der Waals surface area contributed by atoms with Gasteiger partial charge >= 0.3 is 0 Å². The van der Waals surface area contributed by atoms with E-state index in [0.29, 0.717) is 6.54 Å². The Kier molecular flexibility index (Phi) is 13.8. The molecule has 0 aromatic carbocycles. The Bertz CT molecular complexity index is 30.0. The van der Waals surface area contributed by atoms with Crippen molar-refractivity contribution in [3.63, 3.8) is 0 Å². The Labute approximate surface area is 43.8 Å². The van der Waals surface area contributed by atoms with Crippen LogP contribution in [0.5, 0.6) is 0 Å². The van der Waals surface area contributed by atoms with Gasteiger partial charge in [-0.05, 0) is 0 Å². The normalized spacial score (nSPS) is 6.17. The van der Waals surface area contributed by atoms with Crippen LogP contribution in [0.15, 0.2) is 12.7 Å². The third-order valence-electron chi connectivity index (χ3n) is 0.262.